The number of aliphatic hydroxyl groups excluding tert-OH is 3. The van der Waals surface area contributed by atoms with E-state index in [1.165, 1.54) is 25.1 Å². The molecule has 0 unspecified atom stereocenters. The lowest BCUT2D eigenvalue weighted by atomic mass is 9.58. The number of carbonyl (C=O) groups excluding carboxylic acids is 3. The number of nitrogens with two attached hydrogens (primary N) is 1. The summed E-state index contributed by atoms with van der Waals surface area (Å²) in [5, 5.41) is 66.5. The Bertz CT molecular complexity index is 1210. The molecule has 0 spiro atoms. The Morgan fingerprint density at radius 1 is 1.21 bits per heavy atom. The lowest BCUT2D eigenvalue weighted by Gasteiger charge is -2.50. The van der Waals surface area contributed by atoms with Gasteiger partial charge in [-0.1, -0.05) is 11.6 Å². The molecule has 0 aromatic heterocycles. The molecular weight excluding hydrogens is 472 g/mol. The van der Waals surface area contributed by atoms with Crippen molar-refractivity contribution < 1.29 is 39.9 Å². The maximum atomic E-state index is 13.3. The van der Waals surface area contributed by atoms with E-state index < -0.39 is 75.5 Å². The van der Waals surface area contributed by atoms with Crippen LogP contribution in [-0.2, 0) is 9.59 Å². The van der Waals surface area contributed by atoms with Gasteiger partial charge in [0.15, 0.2) is 11.4 Å². The van der Waals surface area contributed by atoms with Gasteiger partial charge in [0, 0.05) is 38.8 Å². The number of phenols is 1. The molecule has 180 valence electrons. The number of ketones is 2. The van der Waals surface area contributed by atoms with Gasteiger partial charge in [-0.25, -0.2) is 0 Å². The molecule has 3 aliphatic carbocycles. The molecule has 1 aromatic carbocycles. The van der Waals surface area contributed by atoms with Crippen LogP contribution in [0.1, 0.15) is 28.4 Å². The van der Waals surface area contributed by atoms with Crippen molar-refractivity contribution in [2.75, 3.05) is 14.1 Å². The minimum Gasteiger partial charge on any atom is -0.510 e. The third-order valence-electron chi connectivity index (χ3n) is 6.64. The van der Waals surface area contributed by atoms with Crippen LogP contribution >= 0.6 is 11.6 Å². The summed E-state index contributed by atoms with van der Waals surface area (Å²) in [5.41, 5.74) is 0.739. The summed E-state index contributed by atoms with van der Waals surface area (Å²) in [4.78, 5) is 39.7. The van der Waals surface area contributed by atoms with Gasteiger partial charge in [-0.15, -0.1) is 0 Å². The molecular formula is C21H21ClN4O8. The van der Waals surface area contributed by atoms with Gasteiger partial charge in [0.05, 0.1) is 17.7 Å². The molecule has 34 heavy (non-hydrogen) atoms. The van der Waals surface area contributed by atoms with E-state index in [2.05, 4.69) is 0 Å². The standard InChI is InChI=1S/C21H21ClN2O8.N2/c1-24(2)14-7-5-6-10(16(27)12-9(25)4-3-8(22)11(12)15(6)26)18(29)21(7,32)19(30)13(17(14)28)20(23)31;1-2/h3-4,6-7,14-15,25-26,28-29,32H,5H2,1-2H3,(H2,23,31);/t6-,7+,14-,15-,21-;/m0./s1. The molecule has 0 bridgehead atoms. The zero-order chi connectivity index (χ0) is 25.9. The van der Waals surface area contributed by atoms with Gasteiger partial charge in [0.1, 0.15) is 22.8 Å². The number of likely N-dealkylation sites (N-methyl/N-ethyl adjacent to an activating group) is 1. The van der Waals surface area contributed by atoms with Crippen LogP contribution in [0.15, 0.2) is 34.8 Å². The molecule has 7 N–H and O–H groups in total. The van der Waals surface area contributed by atoms with Crippen molar-refractivity contribution in [3.05, 3.63) is 50.9 Å². The number of aromatic hydroxyl groups is 1. The van der Waals surface area contributed by atoms with Crippen molar-refractivity contribution in [2.24, 2.45) is 17.6 Å². The van der Waals surface area contributed by atoms with Crippen molar-refractivity contribution in [2.45, 2.75) is 24.2 Å². The Kier molecular flexibility index (Phi) is 6.19. The number of nitrogens with zero attached hydrogens (tertiary/aromatic N) is 3. The highest BCUT2D eigenvalue weighted by Gasteiger charge is 2.64. The Balaban J connectivity index is 0.00000158. The predicted molar refractivity (Wildman–Crippen MR) is 113 cm³/mol. The summed E-state index contributed by atoms with van der Waals surface area (Å²) in [7, 11) is 3.03. The number of halogens is 1. The summed E-state index contributed by atoms with van der Waals surface area (Å²) in [5.74, 6) is -8.18. The molecule has 1 aromatic rings. The third kappa shape index (κ3) is 3.09. The van der Waals surface area contributed by atoms with Gasteiger partial charge in [0.2, 0.25) is 5.78 Å². The van der Waals surface area contributed by atoms with Crippen molar-refractivity contribution in [3.8, 4) is 5.75 Å². The number of amides is 1. The normalized spacial score (nSPS) is 30.2. The summed E-state index contributed by atoms with van der Waals surface area (Å²) in [6.45, 7) is 0. The van der Waals surface area contributed by atoms with Crippen LogP contribution in [0.2, 0.25) is 5.02 Å². The van der Waals surface area contributed by atoms with E-state index in [0.29, 0.717) is 0 Å². The number of Topliss-reactive ketones (excluding diaryl/α,β-unsaturated/α-hetero) is 2. The highest BCUT2D eigenvalue weighted by atomic mass is 35.5. The van der Waals surface area contributed by atoms with E-state index in [9.17, 15) is 39.9 Å². The largest absolute Gasteiger partial charge is 0.510 e. The molecule has 1 amide bonds. The minimum atomic E-state index is -2.77. The quantitative estimate of drug-likeness (QED) is 0.242. The fourth-order valence-electron chi connectivity index (χ4n) is 5.25. The lowest BCUT2D eigenvalue weighted by molar-refractivity contribution is -0.149. The van der Waals surface area contributed by atoms with Crippen molar-refractivity contribution in [1.82, 2.24) is 4.90 Å². The number of carbonyl (C=O) groups is 3. The highest BCUT2D eigenvalue weighted by Crippen LogP contribution is 2.55. The van der Waals surface area contributed by atoms with Gasteiger partial charge < -0.3 is 31.3 Å². The average molecular weight is 493 g/mol. The van der Waals surface area contributed by atoms with Gasteiger partial charge >= 0.3 is 0 Å². The number of fused-ring (bicyclic) bond motifs is 3. The molecule has 0 saturated heterocycles. The Morgan fingerprint density at radius 3 is 2.32 bits per heavy atom. The van der Waals surface area contributed by atoms with E-state index in [1.54, 1.807) is 0 Å². The van der Waals surface area contributed by atoms with Crippen molar-refractivity contribution in [1.29, 1.82) is 10.8 Å². The predicted octanol–water partition coefficient (Wildman–Crippen LogP) is 0.295. The van der Waals surface area contributed by atoms with E-state index in [4.69, 9.17) is 28.1 Å². The number of hydrogen-bond acceptors (Lipinski definition) is 11. The first-order valence-corrected chi connectivity index (χ1v) is 10.3. The second-order valence-electron chi connectivity index (χ2n) is 8.47. The van der Waals surface area contributed by atoms with Crippen molar-refractivity contribution in [3.63, 3.8) is 0 Å². The fourth-order valence-corrected chi connectivity index (χ4v) is 5.52. The summed E-state index contributed by atoms with van der Waals surface area (Å²) in [6.07, 6.45) is -1.70. The second kappa shape index (κ2) is 8.37. The first-order chi connectivity index (χ1) is 15.8. The first-order valence-electron chi connectivity index (χ1n) is 9.89. The van der Waals surface area contributed by atoms with Crippen LogP contribution in [0.5, 0.6) is 5.75 Å². The van der Waals surface area contributed by atoms with Crippen molar-refractivity contribution >= 4 is 29.1 Å². The summed E-state index contributed by atoms with van der Waals surface area (Å²) >= 11 is 6.17. The molecule has 12 nitrogen and oxygen atoms in total. The van der Waals surface area contributed by atoms with Gasteiger partial charge in [-0.3, -0.25) is 19.3 Å². The number of rotatable bonds is 2. The first kappa shape index (κ1) is 25.1. The molecule has 13 heteroatoms. The topological polar surface area (TPSA) is 229 Å². The van der Waals surface area contributed by atoms with Crippen LogP contribution in [0.25, 0.3) is 0 Å². The molecule has 0 aliphatic heterocycles. The van der Waals surface area contributed by atoms with E-state index in [0.717, 1.165) is 6.07 Å². The van der Waals surface area contributed by atoms with Crippen LogP contribution < -0.4 is 5.73 Å². The van der Waals surface area contributed by atoms with E-state index in [1.807, 2.05) is 0 Å². The number of phenolic OH excluding ortho intramolecular Hbond substituents is 1. The number of primary amides is 1. The molecule has 3 aliphatic rings. The summed E-state index contributed by atoms with van der Waals surface area (Å²) < 4.78 is 0. The van der Waals surface area contributed by atoms with Crippen LogP contribution in [0, 0.1) is 22.6 Å². The number of benzene rings is 1. The second-order valence-corrected chi connectivity index (χ2v) is 8.88. The Labute approximate surface area is 197 Å². The monoisotopic (exact) mass is 492 g/mol. The van der Waals surface area contributed by atoms with Gasteiger partial charge in [-0.2, -0.15) is 0 Å². The SMILES string of the molecule is CN(C)[C@@H]1C(O)=C(C(N)=O)C(=O)[C@@]2(O)C(O)=C3C(=O)c4c(O)ccc(Cl)c4[C@@H](O)[C@H]3C[C@H]12.N#N. The number of aliphatic hydroxyl groups is 4. The molecule has 4 rings (SSSR count). The molecule has 0 heterocycles. The van der Waals surface area contributed by atoms with Gasteiger partial charge in [0.25, 0.3) is 5.91 Å². The van der Waals surface area contributed by atoms with E-state index in [-0.39, 0.29) is 22.6 Å². The highest BCUT2D eigenvalue weighted by molar-refractivity contribution is 6.33. The molecule has 0 fully saturated rings. The van der Waals surface area contributed by atoms with Crippen LogP contribution in [0.4, 0.5) is 0 Å². The van der Waals surface area contributed by atoms with Crippen LogP contribution in [0.3, 0.4) is 0 Å². The number of hydrogen-bond donors (Lipinski definition) is 6. The maximum Gasteiger partial charge on any atom is 0.255 e. The smallest absolute Gasteiger partial charge is 0.255 e. The summed E-state index contributed by atoms with van der Waals surface area (Å²) in [6, 6.07) is 1.30. The zero-order valence-electron chi connectivity index (χ0n) is 17.9. The molecule has 0 radical (unpaired) electrons. The maximum absolute atomic E-state index is 13.3. The molecule has 5 atom stereocenters. The Morgan fingerprint density at radius 2 is 1.79 bits per heavy atom. The van der Waals surface area contributed by atoms with E-state index >= 15 is 0 Å². The fraction of sp³-hybridized carbons (Fsp3) is 0.381. The lowest BCUT2D eigenvalue weighted by Crippen LogP contribution is -2.64. The van der Waals surface area contributed by atoms with Crippen LogP contribution in [-0.4, -0.2) is 73.6 Å². The minimum absolute atomic E-state index is 0.0145. The Hall–Kier alpha value is -3.50. The molecule has 0 saturated carbocycles. The zero-order valence-corrected chi connectivity index (χ0v) is 18.7. The van der Waals surface area contributed by atoms with Gasteiger partial charge in [-0.05, 0) is 32.6 Å². The average Bonchev–Trinajstić information content (AvgIpc) is 2.76. The third-order valence-corrected chi connectivity index (χ3v) is 6.97.